The van der Waals surface area contributed by atoms with E-state index in [0.29, 0.717) is 63.1 Å². The number of piperidine rings is 1. The first kappa shape index (κ1) is 38.2. The van der Waals surface area contributed by atoms with Gasteiger partial charge in [-0.05, 0) is 74.2 Å². The van der Waals surface area contributed by atoms with Gasteiger partial charge in [0.1, 0.15) is 29.1 Å². The first-order valence-corrected chi connectivity index (χ1v) is 20.1. The summed E-state index contributed by atoms with van der Waals surface area (Å²) in [6.45, 7) is 8.49. The SMILES string of the molecule is CCOc1ccc(-c2ccc(CNC(C)C)cc2)cc1S(=O)(=O)N1CCC2(CC1)C[C@H](NC[C@H](O)COc1cccc(S(=O)(=O)NC)c1)CO2. The fraction of sp³-hybridized carbons (Fsp3) is 0.500. The number of hydrogen-bond donors (Lipinski definition) is 4. The summed E-state index contributed by atoms with van der Waals surface area (Å²) in [4.78, 5) is 0.244. The lowest BCUT2D eigenvalue weighted by atomic mass is 9.88. The van der Waals surface area contributed by atoms with Crippen molar-refractivity contribution in [2.45, 2.75) is 80.2 Å². The molecule has 0 amide bonds. The van der Waals surface area contributed by atoms with Crippen LogP contribution in [-0.2, 0) is 31.3 Å². The Hall–Kier alpha value is -3.08. The van der Waals surface area contributed by atoms with Crippen LogP contribution in [0, 0.1) is 0 Å². The highest BCUT2D eigenvalue weighted by atomic mass is 32.2. The number of hydrogen-bond acceptors (Lipinski definition) is 10. The molecule has 2 atom stereocenters. The van der Waals surface area contributed by atoms with Crippen molar-refractivity contribution in [3.05, 3.63) is 72.3 Å². The molecule has 0 bridgehead atoms. The molecule has 0 saturated carbocycles. The summed E-state index contributed by atoms with van der Waals surface area (Å²) in [5.41, 5.74) is 2.45. The van der Waals surface area contributed by atoms with Gasteiger partial charge in [0.15, 0.2) is 0 Å². The van der Waals surface area contributed by atoms with E-state index in [-0.39, 0.29) is 29.0 Å². The largest absolute Gasteiger partial charge is 0.492 e. The Morgan fingerprint density at radius 3 is 2.38 bits per heavy atom. The Morgan fingerprint density at radius 1 is 0.980 bits per heavy atom. The molecular formula is C36H50N4O8S2. The topological polar surface area (TPSA) is 156 Å². The molecule has 0 unspecified atom stereocenters. The van der Waals surface area contributed by atoms with Gasteiger partial charge in [0.25, 0.3) is 0 Å². The zero-order valence-electron chi connectivity index (χ0n) is 29.2. The first-order chi connectivity index (χ1) is 23.8. The van der Waals surface area contributed by atoms with E-state index >= 15 is 0 Å². The average molecular weight is 731 g/mol. The lowest BCUT2D eigenvalue weighted by Gasteiger charge is -2.38. The number of nitrogens with zero attached hydrogens (tertiary/aromatic N) is 1. The normalized spacial score (nSPS) is 18.8. The van der Waals surface area contributed by atoms with Gasteiger partial charge in [-0.15, -0.1) is 0 Å². The molecule has 0 aromatic heterocycles. The lowest BCUT2D eigenvalue weighted by Crippen LogP contribution is -2.47. The summed E-state index contributed by atoms with van der Waals surface area (Å²) in [5, 5.41) is 17.3. The van der Waals surface area contributed by atoms with Gasteiger partial charge in [0.2, 0.25) is 20.0 Å². The van der Waals surface area contributed by atoms with Gasteiger partial charge in [-0.1, -0.05) is 50.2 Å². The van der Waals surface area contributed by atoms with Crippen LogP contribution in [0.2, 0.25) is 0 Å². The Bertz CT molecular complexity index is 1790. The van der Waals surface area contributed by atoms with Gasteiger partial charge in [-0.25, -0.2) is 21.6 Å². The minimum absolute atomic E-state index is 0.00862. The van der Waals surface area contributed by atoms with Crippen LogP contribution in [0.25, 0.3) is 11.1 Å². The smallest absolute Gasteiger partial charge is 0.246 e. The summed E-state index contributed by atoms with van der Waals surface area (Å²) in [5.74, 6) is 0.684. The summed E-state index contributed by atoms with van der Waals surface area (Å²) < 4.78 is 73.8. The molecule has 0 aliphatic carbocycles. The van der Waals surface area contributed by atoms with Crippen molar-refractivity contribution in [2.75, 3.05) is 46.5 Å². The van der Waals surface area contributed by atoms with E-state index in [9.17, 15) is 21.9 Å². The van der Waals surface area contributed by atoms with Crippen LogP contribution in [0.1, 0.15) is 45.6 Å². The molecule has 12 nitrogen and oxygen atoms in total. The molecule has 14 heteroatoms. The highest BCUT2D eigenvalue weighted by Crippen LogP contribution is 2.39. The van der Waals surface area contributed by atoms with Gasteiger partial charge in [-0.2, -0.15) is 4.31 Å². The van der Waals surface area contributed by atoms with Gasteiger partial charge < -0.3 is 30.0 Å². The fourth-order valence-corrected chi connectivity index (χ4v) is 8.66. The second-order valence-corrected chi connectivity index (χ2v) is 17.0. The number of benzene rings is 3. The van der Waals surface area contributed by atoms with E-state index in [4.69, 9.17) is 14.2 Å². The molecule has 3 aromatic rings. The predicted molar refractivity (Wildman–Crippen MR) is 192 cm³/mol. The van der Waals surface area contributed by atoms with E-state index < -0.39 is 31.8 Å². The number of ether oxygens (including phenoxy) is 3. The van der Waals surface area contributed by atoms with E-state index in [2.05, 4.69) is 41.3 Å². The third-order valence-electron chi connectivity index (χ3n) is 9.17. The molecule has 2 aliphatic rings. The zero-order valence-corrected chi connectivity index (χ0v) is 30.9. The highest BCUT2D eigenvalue weighted by Gasteiger charge is 2.45. The van der Waals surface area contributed by atoms with Crippen molar-refractivity contribution in [3.63, 3.8) is 0 Å². The van der Waals surface area contributed by atoms with Crippen molar-refractivity contribution in [1.29, 1.82) is 0 Å². The Kier molecular flexibility index (Phi) is 12.6. The Morgan fingerprint density at radius 2 is 1.70 bits per heavy atom. The van der Waals surface area contributed by atoms with Crippen LogP contribution in [0.3, 0.4) is 0 Å². The third-order valence-corrected chi connectivity index (χ3v) is 12.5. The van der Waals surface area contributed by atoms with E-state index in [1.54, 1.807) is 24.3 Å². The van der Waals surface area contributed by atoms with Gasteiger partial charge in [0, 0.05) is 44.3 Å². The summed E-state index contributed by atoms with van der Waals surface area (Å²) in [6.07, 6.45) is 0.966. The maximum Gasteiger partial charge on any atom is 0.246 e. The first-order valence-electron chi connectivity index (χ1n) is 17.2. The summed E-state index contributed by atoms with van der Waals surface area (Å²) in [7, 11) is -6.12. The second kappa shape index (κ2) is 16.5. The molecule has 50 heavy (non-hydrogen) atoms. The van der Waals surface area contributed by atoms with Crippen LogP contribution in [0.4, 0.5) is 0 Å². The van der Waals surface area contributed by atoms with Crippen molar-refractivity contribution in [2.24, 2.45) is 0 Å². The molecule has 0 radical (unpaired) electrons. The maximum atomic E-state index is 14.1. The zero-order chi connectivity index (χ0) is 35.9. The molecule has 2 aliphatic heterocycles. The highest BCUT2D eigenvalue weighted by molar-refractivity contribution is 7.89. The molecule has 3 aromatic carbocycles. The van der Waals surface area contributed by atoms with E-state index in [0.717, 1.165) is 23.2 Å². The minimum Gasteiger partial charge on any atom is -0.492 e. The lowest BCUT2D eigenvalue weighted by molar-refractivity contribution is -0.0312. The van der Waals surface area contributed by atoms with Crippen molar-refractivity contribution < 1.29 is 36.2 Å². The quantitative estimate of drug-likeness (QED) is 0.172. The Labute approximate surface area is 296 Å². The van der Waals surface area contributed by atoms with Gasteiger partial charge in [0.05, 0.1) is 23.7 Å². The van der Waals surface area contributed by atoms with Gasteiger partial charge >= 0.3 is 0 Å². The molecule has 2 fully saturated rings. The van der Waals surface area contributed by atoms with Crippen LogP contribution in [0.5, 0.6) is 11.5 Å². The van der Waals surface area contributed by atoms with Gasteiger partial charge in [-0.3, -0.25) is 0 Å². The molecule has 2 heterocycles. The standard InChI is InChI=1S/C36H50N4O8S2/c1-5-46-34-14-13-29(28-11-9-27(10-12-28)22-38-26(2)3)19-35(34)50(44,45)40-17-15-36(16-18-40)21-30(24-48-36)39-23-31(41)25-47-32-7-6-8-33(20-32)49(42,43)37-4/h6-14,19-20,26,30-31,37-39,41H,5,15-18,21-25H2,1-4H3/t30-,31-/m0/s1. The number of rotatable bonds is 16. The molecule has 5 rings (SSSR count). The molecule has 2 saturated heterocycles. The maximum absolute atomic E-state index is 14.1. The molecule has 1 spiro atoms. The third kappa shape index (κ3) is 9.42. The minimum atomic E-state index is -3.85. The van der Waals surface area contributed by atoms with Crippen molar-refractivity contribution in [1.82, 2.24) is 19.7 Å². The van der Waals surface area contributed by atoms with E-state index in [1.807, 2.05) is 25.1 Å². The van der Waals surface area contributed by atoms with Crippen LogP contribution >= 0.6 is 0 Å². The van der Waals surface area contributed by atoms with E-state index in [1.165, 1.54) is 23.5 Å². The van der Waals surface area contributed by atoms with Crippen LogP contribution in [-0.4, -0.2) is 96.5 Å². The molecule has 274 valence electrons. The number of aliphatic hydroxyl groups is 1. The van der Waals surface area contributed by atoms with Crippen LogP contribution in [0.15, 0.2) is 76.5 Å². The van der Waals surface area contributed by atoms with Crippen LogP contribution < -0.4 is 24.8 Å². The van der Waals surface area contributed by atoms with Crippen molar-refractivity contribution >= 4 is 20.0 Å². The summed E-state index contributed by atoms with van der Waals surface area (Å²) in [6, 6.07) is 20.0. The number of aliphatic hydroxyl groups excluding tert-OH is 1. The molecular weight excluding hydrogens is 681 g/mol. The van der Waals surface area contributed by atoms with Crippen molar-refractivity contribution in [3.8, 4) is 22.6 Å². The summed E-state index contributed by atoms with van der Waals surface area (Å²) >= 11 is 0. The number of sulfonamides is 2. The molecule has 4 N–H and O–H groups in total. The number of nitrogens with one attached hydrogen (secondary N) is 3. The second-order valence-electron chi connectivity index (χ2n) is 13.2. The predicted octanol–water partition coefficient (Wildman–Crippen LogP) is 3.50. The Balaban J connectivity index is 1.15. The average Bonchev–Trinajstić information content (AvgIpc) is 3.51. The fourth-order valence-electron chi connectivity index (χ4n) is 6.30. The monoisotopic (exact) mass is 730 g/mol.